The number of pyridine rings is 1. The Hall–Kier alpha value is -2.26. The number of morpholine rings is 1. The predicted octanol–water partition coefficient (Wildman–Crippen LogP) is 0.624. The van der Waals surface area contributed by atoms with Crippen LogP contribution in [0.5, 0.6) is 0 Å². The number of sulfone groups is 1. The molecule has 0 radical (unpaired) electrons. The highest BCUT2D eigenvalue weighted by Gasteiger charge is 2.45. The Labute approximate surface area is 155 Å². The van der Waals surface area contributed by atoms with E-state index in [-0.39, 0.29) is 35.8 Å². The van der Waals surface area contributed by atoms with Crippen LogP contribution in [0.3, 0.4) is 0 Å². The minimum absolute atomic E-state index is 0.0532. The molecule has 3 heterocycles. The second kappa shape index (κ2) is 6.72. The molecule has 2 aliphatic heterocycles. The van der Waals surface area contributed by atoms with Gasteiger partial charge in [-0.25, -0.2) is 12.8 Å². The maximum absolute atomic E-state index is 13.3. The summed E-state index contributed by atoms with van der Waals surface area (Å²) >= 11 is 0. The molecule has 1 amide bonds. The van der Waals surface area contributed by atoms with Gasteiger partial charge in [0.2, 0.25) is 5.91 Å². The molecule has 2 saturated heterocycles. The topological polar surface area (TPSA) is 96.5 Å². The number of carbonyl (C=O) groups is 1. The van der Waals surface area contributed by atoms with E-state index in [9.17, 15) is 22.4 Å². The van der Waals surface area contributed by atoms with Crippen LogP contribution in [0.25, 0.3) is 10.9 Å². The van der Waals surface area contributed by atoms with Gasteiger partial charge in [0.25, 0.3) is 5.56 Å². The molecule has 144 valence electrons. The first kappa shape index (κ1) is 18.1. The van der Waals surface area contributed by atoms with Crippen molar-refractivity contribution < 1.29 is 22.3 Å². The summed E-state index contributed by atoms with van der Waals surface area (Å²) in [6.45, 7) is 0.660. The Balaban J connectivity index is 1.49. The van der Waals surface area contributed by atoms with Gasteiger partial charge in [0, 0.05) is 18.5 Å². The zero-order valence-corrected chi connectivity index (χ0v) is 15.3. The summed E-state index contributed by atoms with van der Waals surface area (Å²) in [5, 5.41) is 0.687. The van der Waals surface area contributed by atoms with Crippen LogP contribution in [0.2, 0.25) is 0 Å². The number of amides is 1. The molecule has 2 atom stereocenters. The number of rotatable bonds is 3. The van der Waals surface area contributed by atoms with Crippen molar-refractivity contribution in [3.8, 4) is 0 Å². The summed E-state index contributed by atoms with van der Waals surface area (Å²) in [4.78, 5) is 29.1. The van der Waals surface area contributed by atoms with Gasteiger partial charge in [-0.05, 0) is 36.1 Å². The van der Waals surface area contributed by atoms with Gasteiger partial charge in [-0.3, -0.25) is 9.59 Å². The molecule has 4 rings (SSSR count). The van der Waals surface area contributed by atoms with E-state index in [4.69, 9.17) is 4.74 Å². The molecule has 0 spiro atoms. The van der Waals surface area contributed by atoms with E-state index in [1.807, 2.05) is 0 Å². The minimum Gasteiger partial charge on any atom is -0.373 e. The molecule has 1 aromatic carbocycles. The monoisotopic (exact) mass is 394 g/mol. The van der Waals surface area contributed by atoms with Crippen molar-refractivity contribution in [1.29, 1.82) is 0 Å². The van der Waals surface area contributed by atoms with Crippen molar-refractivity contribution in [3.63, 3.8) is 0 Å². The van der Waals surface area contributed by atoms with Crippen LogP contribution in [0.1, 0.15) is 12.0 Å². The van der Waals surface area contributed by atoms with E-state index in [0.29, 0.717) is 29.6 Å². The molecule has 2 aromatic rings. The molecule has 0 saturated carbocycles. The number of aryl methyl sites for hydroxylation is 1. The molecule has 1 aromatic heterocycles. The first-order valence-corrected chi connectivity index (χ1v) is 10.6. The minimum atomic E-state index is -3.20. The number of fused-ring (bicyclic) bond motifs is 2. The summed E-state index contributed by atoms with van der Waals surface area (Å²) in [5.41, 5.74) is 0.484. The predicted molar refractivity (Wildman–Crippen MR) is 96.7 cm³/mol. The van der Waals surface area contributed by atoms with Crippen molar-refractivity contribution in [2.45, 2.75) is 25.0 Å². The third kappa shape index (κ3) is 3.61. The Morgan fingerprint density at radius 3 is 2.93 bits per heavy atom. The second-order valence-corrected chi connectivity index (χ2v) is 9.15. The molecule has 2 aliphatic rings. The van der Waals surface area contributed by atoms with E-state index in [1.165, 1.54) is 12.1 Å². The van der Waals surface area contributed by atoms with Gasteiger partial charge >= 0.3 is 0 Å². The molecule has 0 bridgehead atoms. The molecule has 2 unspecified atom stereocenters. The maximum atomic E-state index is 13.3. The Morgan fingerprint density at radius 2 is 2.11 bits per heavy atom. The van der Waals surface area contributed by atoms with Crippen LogP contribution in [-0.2, 0) is 25.8 Å². The number of aromatic amines is 1. The number of halogens is 1. The lowest BCUT2D eigenvalue weighted by Gasteiger charge is -2.36. The smallest absolute Gasteiger partial charge is 0.251 e. The highest BCUT2D eigenvalue weighted by atomic mass is 32.2. The van der Waals surface area contributed by atoms with E-state index in [2.05, 4.69) is 4.98 Å². The fraction of sp³-hybridized carbons (Fsp3) is 0.444. The molecule has 2 fully saturated rings. The van der Waals surface area contributed by atoms with Gasteiger partial charge in [0.1, 0.15) is 5.82 Å². The molecular weight excluding hydrogens is 375 g/mol. The molecular formula is C18H19FN2O5S. The average molecular weight is 394 g/mol. The Kier molecular flexibility index (Phi) is 4.51. The highest BCUT2D eigenvalue weighted by Crippen LogP contribution is 2.25. The third-order valence-electron chi connectivity index (χ3n) is 5.15. The van der Waals surface area contributed by atoms with Gasteiger partial charge in [-0.15, -0.1) is 0 Å². The van der Waals surface area contributed by atoms with Crippen LogP contribution in [0.15, 0.2) is 29.1 Å². The van der Waals surface area contributed by atoms with Crippen LogP contribution in [-0.4, -0.2) is 61.0 Å². The first-order chi connectivity index (χ1) is 12.8. The molecule has 27 heavy (non-hydrogen) atoms. The molecule has 7 nitrogen and oxygen atoms in total. The maximum Gasteiger partial charge on any atom is 0.251 e. The number of nitrogens with zero attached hydrogens (tertiary/aromatic N) is 1. The molecule has 1 N–H and O–H groups in total. The first-order valence-electron chi connectivity index (χ1n) is 8.75. The lowest BCUT2D eigenvalue weighted by molar-refractivity contribution is -0.142. The fourth-order valence-electron chi connectivity index (χ4n) is 3.81. The highest BCUT2D eigenvalue weighted by molar-refractivity contribution is 7.91. The van der Waals surface area contributed by atoms with Crippen LogP contribution < -0.4 is 5.56 Å². The zero-order chi connectivity index (χ0) is 19.2. The van der Waals surface area contributed by atoms with Crippen molar-refractivity contribution in [3.05, 3.63) is 46.0 Å². The second-order valence-electron chi connectivity index (χ2n) is 7.00. The number of ether oxygens (including phenoxy) is 1. The number of hydrogen-bond donors (Lipinski definition) is 1. The summed E-state index contributed by atoms with van der Waals surface area (Å²) in [5.74, 6) is -0.757. The van der Waals surface area contributed by atoms with Crippen LogP contribution >= 0.6 is 0 Å². The van der Waals surface area contributed by atoms with Gasteiger partial charge in [0.05, 0.1) is 35.8 Å². The zero-order valence-electron chi connectivity index (χ0n) is 14.5. The van der Waals surface area contributed by atoms with Crippen molar-refractivity contribution in [2.75, 3.05) is 24.7 Å². The Bertz CT molecular complexity index is 1070. The Morgan fingerprint density at radius 1 is 1.30 bits per heavy atom. The van der Waals surface area contributed by atoms with Crippen LogP contribution in [0.4, 0.5) is 4.39 Å². The summed E-state index contributed by atoms with van der Waals surface area (Å²) in [6, 6.07) is 5.34. The summed E-state index contributed by atoms with van der Waals surface area (Å²) < 4.78 is 42.5. The van der Waals surface area contributed by atoms with Crippen molar-refractivity contribution in [1.82, 2.24) is 9.88 Å². The van der Waals surface area contributed by atoms with Crippen LogP contribution in [0, 0.1) is 5.82 Å². The quantitative estimate of drug-likeness (QED) is 0.824. The number of carbonyl (C=O) groups excluding carboxylic acids is 1. The number of aromatic nitrogens is 1. The molecule has 9 heteroatoms. The number of nitrogens with one attached hydrogen (secondary N) is 1. The largest absolute Gasteiger partial charge is 0.373 e. The SMILES string of the molecule is O=C(CCc1cc2ccc(F)cc2[nH]c1=O)N1CCOC2CS(=O)(=O)CC21. The van der Waals surface area contributed by atoms with E-state index >= 15 is 0 Å². The van der Waals surface area contributed by atoms with Crippen molar-refractivity contribution >= 4 is 26.6 Å². The summed E-state index contributed by atoms with van der Waals surface area (Å²) in [7, 11) is -3.20. The lowest BCUT2D eigenvalue weighted by atomic mass is 10.1. The van der Waals surface area contributed by atoms with E-state index in [0.717, 1.165) is 0 Å². The lowest BCUT2D eigenvalue weighted by Crippen LogP contribution is -2.53. The number of H-pyrrole nitrogens is 1. The average Bonchev–Trinajstić information content (AvgIpc) is 2.93. The molecule has 0 aliphatic carbocycles. The van der Waals surface area contributed by atoms with Gasteiger partial charge in [-0.1, -0.05) is 0 Å². The standard InChI is InChI=1S/C18H19FN2O5S/c19-13-3-1-11-7-12(18(23)20-14(11)8-13)2-4-17(22)21-5-6-26-16-10-27(24,25)9-15(16)21/h1,3,7-8,15-16H,2,4-6,9-10H2,(H,20,23). The summed E-state index contributed by atoms with van der Waals surface area (Å²) in [6.07, 6.45) is -0.145. The number of hydrogen-bond acceptors (Lipinski definition) is 5. The van der Waals surface area contributed by atoms with E-state index in [1.54, 1.807) is 17.0 Å². The van der Waals surface area contributed by atoms with Gasteiger partial charge in [0.15, 0.2) is 9.84 Å². The normalized spacial score (nSPS) is 24.1. The number of benzene rings is 1. The third-order valence-corrected chi connectivity index (χ3v) is 6.84. The van der Waals surface area contributed by atoms with Crippen molar-refractivity contribution in [2.24, 2.45) is 0 Å². The van der Waals surface area contributed by atoms with E-state index < -0.39 is 27.8 Å². The van der Waals surface area contributed by atoms with Gasteiger partial charge < -0.3 is 14.6 Å². The van der Waals surface area contributed by atoms with Gasteiger partial charge in [-0.2, -0.15) is 0 Å². The fourth-order valence-corrected chi connectivity index (χ4v) is 5.68.